The van der Waals surface area contributed by atoms with Gasteiger partial charge in [0.05, 0.1) is 10.7 Å². The van der Waals surface area contributed by atoms with Crippen molar-refractivity contribution in [3.8, 4) is 5.75 Å². The number of amides is 2. The van der Waals surface area contributed by atoms with Crippen LogP contribution in [0.3, 0.4) is 0 Å². The van der Waals surface area contributed by atoms with Gasteiger partial charge in [0.2, 0.25) is 5.91 Å². The molecular formula is C28H22Cl2N2O3S. The molecule has 0 bridgehead atoms. The van der Waals surface area contributed by atoms with Crippen molar-refractivity contribution < 1.29 is 14.3 Å². The van der Waals surface area contributed by atoms with Gasteiger partial charge in [-0.1, -0.05) is 71.7 Å². The molecule has 36 heavy (non-hydrogen) atoms. The highest BCUT2D eigenvalue weighted by Gasteiger charge is 2.23. The number of hydrogen-bond donors (Lipinski definition) is 2. The van der Waals surface area contributed by atoms with Crippen molar-refractivity contribution in [3.63, 3.8) is 0 Å². The third-order valence-corrected chi connectivity index (χ3v) is 6.86. The van der Waals surface area contributed by atoms with Crippen LogP contribution in [0.1, 0.15) is 10.8 Å². The second-order valence-electron chi connectivity index (χ2n) is 7.70. The van der Waals surface area contributed by atoms with E-state index in [-0.39, 0.29) is 18.4 Å². The van der Waals surface area contributed by atoms with Crippen LogP contribution in [0, 0.1) is 0 Å². The van der Waals surface area contributed by atoms with E-state index in [1.165, 1.54) is 11.8 Å². The Kier molecular flexibility index (Phi) is 8.90. The Hall–Kier alpha value is -3.45. The number of anilines is 2. The molecular weight excluding hydrogens is 515 g/mol. The summed E-state index contributed by atoms with van der Waals surface area (Å²) in [5, 5.41) is 6.04. The number of para-hydroxylation sites is 1. The predicted octanol–water partition coefficient (Wildman–Crippen LogP) is 7.48. The van der Waals surface area contributed by atoms with Crippen molar-refractivity contribution in [3.05, 3.63) is 119 Å². The van der Waals surface area contributed by atoms with E-state index in [9.17, 15) is 9.59 Å². The fraction of sp³-hybridized carbons (Fsp3) is 0.0714. The van der Waals surface area contributed by atoms with Crippen LogP contribution in [-0.2, 0) is 9.59 Å². The second-order valence-corrected chi connectivity index (χ2v) is 9.72. The van der Waals surface area contributed by atoms with E-state index in [0.29, 0.717) is 27.2 Å². The SMILES string of the molecule is O=C(COc1ccccc1)Nc1ccc(SC(C(=O)Nc2cc(Cl)ccc2Cl)c2ccccc2)cc1. The molecule has 0 aromatic heterocycles. The van der Waals surface area contributed by atoms with Gasteiger partial charge >= 0.3 is 0 Å². The number of nitrogens with one attached hydrogen (secondary N) is 2. The zero-order chi connectivity index (χ0) is 25.3. The van der Waals surface area contributed by atoms with Gasteiger partial charge in [0.1, 0.15) is 11.0 Å². The van der Waals surface area contributed by atoms with Gasteiger partial charge in [-0.3, -0.25) is 9.59 Å². The number of halogens is 2. The van der Waals surface area contributed by atoms with E-state index < -0.39 is 5.25 Å². The maximum atomic E-state index is 13.3. The lowest BCUT2D eigenvalue weighted by atomic mass is 10.1. The number of ether oxygens (including phenoxy) is 1. The quantitative estimate of drug-likeness (QED) is 0.217. The number of thioether (sulfide) groups is 1. The van der Waals surface area contributed by atoms with Crippen molar-refractivity contribution in [1.82, 2.24) is 0 Å². The molecule has 0 saturated heterocycles. The summed E-state index contributed by atoms with van der Waals surface area (Å²) in [4.78, 5) is 26.4. The molecule has 0 fully saturated rings. The molecule has 1 atom stereocenters. The maximum absolute atomic E-state index is 13.3. The van der Waals surface area contributed by atoms with E-state index in [1.807, 2.05) is 60.7 Å². The zero-order valence-corrected chi connectivity index (χ0v) is 21.3. The lowest BCUT2D eigenvalue weighted by Gasteiger charge is -2.18. The van der Waals surface area contributed by atoms with E-state index >= 15 is 0 Å². The molecule has 0 aliphatic carbocycles. The topological polar surface area (TPSA) is 67.4 Å². The Morgan fingerprint density at radius 1 is 0.806 bits per heavy atom. The largest absolute Gasteiger partial charge is 0.484 e. The Morgan fingerprint density at radius 2 is 1.47 bits per heavy atom. The standard InChI is InChI=1S/C28H22Cl2N2O3S/c29-20-11-16-24(30)25(17-20)32-28(34)27(19-7-3-1-4-8-19)36-23-14-12-21(13-15-23)31-26(33)18-35-22-9-5-2-6-10-22/h1-17,27H,18H2,(H,31,33)(H,32,34). The van der Waals surface area contributed by atoms with Crippen LogP contribution in [0.15, 0.2) is 108 Å². The van der Waals surface area contributed by atoms with Gasteiger partial charge in [0.15, 0.2) is 6.61 Å². The molecule has 0 aliphatic rings. The van der Waals surface area contributed by atoms with E-state index in [2.05, 4.69) is 10.6 Å². The molecule has 0 spiro atoms. The van der Waals surface area contributed by atoms with Gasteiger partial charge in [-0.15, -0.1) is 11.8 Å². The summed E-state index contributed by atoms with van der Waals surface area (Å²) in [5.74, 6) is 0.133. The maximum Gasteiger partial charge on any atom is 0.262 e. The summed E-state index contributed by atoms with van der Waals surface area (Å²) >= 11 is 13.7. The molecule has 0 heterocycles. The van der Waals surface area contributed by atoms with E-state index in [0.717, 1.165) is 10.5 Å². The fourth-order valence-corrected chi connectivity index (χ4v) is 4.67. The fourth-order valence-electron chi connectivity index (χ4n) is 3.31. The molecule has 4 rings (SSSR count). The van der Waals surface area contributed by atoms with E-state index in [4.69, 9.17) is 27.9 Å². The van der Waals surface area contributed by atoms with Gasteiger partial charge in [0, 0.05) is 15.6 Å². The first-order chi connectivity index (χ1) is 17.5. The molecule has 0 aliphatic heterocycles. The van der Waals surface area contributed by atoms with Crippen LogP contribution < -0.4 is 15.4 Å². The summed E-state index contributed by atoms with van der Waals surface area (Å²) in [7, 11) is 0. The van der Waals surface area contributed by atoms with Crippen LogP contribution in [0.4, 0.5) is 11.4 Å². The first-order valence-corrected chi connectivity index (χ1v) is 12.7. The minimum absolute atomic E-state index is 0.0944. The van der Waals surface area contributed by atoms with Gasteiger partial charge in [-0.25, -0.2) is 0 Å². The number of hydrogen-bond acceptors (Lipinski definition) is 4. The molecule has 4 aromatic carbocycles. The second kappa shape index (κ2) is 12.5. The smallest absolute Gasteiger partial charge is 0.262 e. The molecule has 2 amide bonds. The number of carbonyl (C=O) groups excluding carboxylic acids is 2. The molecule has 0 saturated carbocycles. The minimum Gasteiger partial charge on any atom is -0.484 e. The molecule has 182 valence electrons. The van der Waals surface area contributed by atoms with Crippen molar-refractivity contribution in [2.75, 3.05) is 17.2 Å². The van der Waals surface area contributed by atoms with Crippen molar-refractivity contribution >= 4 is 58.2 Å². The number of benzene rings is 4. The van der Waals surface area contributed by atoms with Crippen LogP contribution in [0.2, 0.25) is 10.0 Å². The highest BCUT2D eigenvalue weighted by molar-refractivity contribution is 8.00. The first-order valence-electron chi connectivity index (χ1n) is 11.0. The molecule has 5 nitrogen and oxygen atoms in total. The molecule has 8 heteroatoms. The van der Waals surface area contributed by atoms with Crippen molar-refractivity contribution in [2.45, 2.75) is 10.1 Å². The predicted molar refractivity (Wildman–Crippen MR) is 147 cm³/mol. The number of rotatable bonds is 9. The van der Waals surface area contributed by atoms with Gasteiger partial charge in [-0.05, 0) is 60.2 Å². The lowest BCUT2D eigenvalue weighted by Crippen LogP contribution is -2.20. The molecule has 2 N–H and O–H groups in total. The third kappa shape index (κ3) is 7.28. The summed E-state index contributed by atoms with van der Waals surface area (Å²) in [6, 6.07) is 30.8. The average molecular weight is 537 g/mol. The Labute approximate surface area is 223 Å². The van der Waals surface area contributed by atoms with Gasteiger partial charge < -0.3 is 15.4 Å². The minimum atomic E-state index is -0.541. The highest BCUT2D eigenvalue weighted by Crippen LogP contribution is 2.37. The monoisotopic (exact) mass is 536 g/mol. The Morgan fingerprint density at radius 3 is 2.17 bits per heavy atom. The van der Waals surface area contributed by atoms with Gasteiger partial charge in [0.25, 0.3) is 5.91 Å². The lowest BCUT2D eigenvalue weighted by molar-refractivity contribution is -0.118. The third-order valence-electron chi connectivity index (χ3n) is 5.03. The Balaban J connectivity index is 1.42. The summed E-state index contributed by atoms with van der Waals surface area (Å²) in [5.41, 5.74) is 1.92. The molecule has 4 aromatic rings. The molecule has 1 unspecified atom stereocenters. The summed E-state index contributed by atoms with van der Waals surface area (Å²) in [6.07, 6.45) is 0. The summed E-state index contributed by atoms with van der Waals surface area (Å²) in [6.45, 7) is -0.0944. The Bertz CT molecular complexity index is 1320. The van der Waals surface area contributed by atoms with E-state index in [1.54, 1.807) is 42.5 Å². The van der Waals surface area contributed by atoms with Crippen LogP contribution in [0.25, 0.3) is 0 Å². The van der Waals surface area contributed by atoms with Crippen LogP contribution in [0.5, 0.6) is 5.75 Å². The first kappa shape index (κ1) is 25.6. The van der Waals surface area contributed by atoms with Gasteiger partial charge in [-0.2, -0.15) is 0 Å². The van der Waals surface area contributed by atoms with Crippen molar-refractivity contribution in [2.24, 2.45) is 0 Å². The van der Waals surface area contributed by atoms with Crippen molar-refractivity contribution in [1.29, 1.82) is 0 Å². The molecule has 0 radical (unpaired) electrons. The number of carbonyl (C=O) groups is 2. The normalized spacial score (nSPS) is 11.4. The highest BCUT2D eigenvalue weighted by atomic mass is 35.5. The van der Waals surface area contributed by atoms with Crippen LogP contribution in [-0.4, -0.2) is 18.4 Å². The van der Waals surface area contributed by atoms with Crippen LogP contribution >= 0.6 is 35.0 Å². The zero-order valence-electron chi connectivity index (χ0n) is 19.0. The average Bonchev–Trinajstić information content (AvgIpc) is 2.90. The summed E-state index contributed by atoms with van der Waals surface area (Å²) < 4.78 is 5.48.